The molecule has 0 spiro atoms. The second kappa shape index (κ2) is 8.83. The monoisotopic (exact) mass is 475 g/mol. The van der Waals surface area contributed by atoms with Crippen LogP contribution in [0, 0.1) is 0 Å². The average molecular weight is 476 g/mol. The van der Waals surface area contributed by atoms with Crippen LogP contribution < -0.4 is 15.0 Å². The third-order valence-electron chi connectivity index (χ3n) is 5.99. The van der Waals surface area contributed by atoms with E-state index in [9.17, 15) is 9.59 Å². The van der Waals surface area contributed by atoms with Crippen LogP contribution in [0.1, 0.15) is 34.7 Å². The summed E-state index contributed by atoms with van der Waals surface area (Å²) in [4.78, 5) is 33.3. The van der Waals surface area contributed by atoms with E-state index in [1.165, 1.54) is 4.57 Å². The van der Waals surface area contributed by atoms with Crippen LogP contribution in [0.15, 0.2) is 71.5 Å². The van der Waals surface area contributed by atoms with Crippen molar-refractivity contribution in [3.8, 4) is 11.5 Å². The molecule has 0 saturated heterocycles. The highest BCUT2D eigenvalue weighted by Gasteiger charge is 2.28. The summed E-state index contributed by atoms with van der Waals surface area (Å²) in [6, 6.07) is 19.4. The fourth-order valence-corrected chi connectivity index (χ4v) is 4.31. The third kappa shape index (κ3) is 3.99. The van der Waals surface area contributed by atoms with Crippen molar-refractivity contribution in [2.24, 2.45) is 7.05 Å². The molecule has 0 saturated carbocycles. The fraction of sp³-hybridized carbons (Fsp3) is 0.192. The summed E-state index contributed by atoms with van der Waals surface area (Å²) in [6.45, 7) is 2.34. The van der Waals surface area contributed by atoms with Crippen LogP contribution in [0.5, 0.6) is 11.5 Å². The van der Waals surface area contributed by atoms with E-state index in [0.29, 0.717) is 45.4 Å². The molecule has 8 heteroatoms. The van der Waals surface area contributed by atoms with Gasteiger partial charge in [0.2, 0.25) is 6.79 Å². The van der Waals surface area contributed by atoms with Gasteiger partial charge in [0.1, 0.15) is 5.82 Å². The van der Waals surface area contributed by atoms with Gasteiger partial charge in [0.05, 0.1) is 16.9 Å². The molecule has 0 radical (unpaired) electrons. The van der Waals surface area contributed by atoms with Crippen molar-refractivity contribution in [2.75, 3.05) is 6.79 Å². The first-order valence-electron chi connectivity index (χ1n) is 10.8. The number of fused-ring (bicyclic) bond motifs is 2. The van der Waals surface area contributed by atoms with Gasteiger partial charge in [0.15, 0.2) is 11.5 Å². The van der Waals surface area contributed by atoms with Gasteiger partial charge in [0.25, 0.3) is 11.5 Å². The Bertz CT molecular complexity index is 1450. The van der Waals surface area contributed by atoms with Crippen molar-refractivity contribution < 1.29 is 14.3 Å². The Kier molecular flexibility index (Phi) is 5.71. The lowest BCUT2D eigenvalue weighted by molar-refractivity contribution is 0.0662. The summed E-state index contributed by atoms with van der Waals surface area (Å²) < 4.78 is 12.3. The van der Waals surface area contributed by atoms with E-state index in [-0.39, 0.29) is 18.3 Å². The van der Waals surface area contributed by atoms with Crippen molar-refractivity contribution in [3.63, 3.8) is 0 Å². The zero-order valence-corrected chi connectivity index (χ0v) is 19.5. The predicted octanol–water partition coefficient (Wildman–Crippen LogP) is 4.72. The molecule has 172 valence electrons. The molecule has 1 atom stereocenters. The van der Waals surface area contributed by atoms with Gasteiger partial charge in [-0.3, -0.25) is 14.2 Å². The van der Waals surface area contributed by atoms with Crippen LogP contribution in [0.2, 0.25) is 5.02 Å². The minimum Gasteiger partial charge on any atom is -0.454 e. The lowest BCUT2D eigenvalue weighted by Crippen LogP contribution is -2.36. The molecule has 7 nitrogen and oxygen atoms in total. The molecule has 2 heterocycles. The van der Waals surface area contributed by atoms with Crippen molar-refractivity contribution in [1.82, 2.24) is 14.5 Å². The molecule has 1 aromatic heterocycles. The standard InChI is InChI=1S/C26H22ClN3O4/c1-16(24-28-21-10-9-19(27)13-20(21)26(32)29(24)2)30(14-17-6-4-3-5-7-17)25(31)18-8-11-22-23(12-18)34-15-33-22/h3-13,16H,14-15H2,1-2H3. The van der Waals surface area contributed by atoms with Crippen LogP contribution >= 0.6 is 11.6 Å². The van der Waals surface area contributed by atoms with E-state index in [1.807, 2.05) is 37.3 Å². The van der Waals surface area contributed by atoms with Gasteiger partial charge in [-0.2, -0.15) is 0 Å². The molecule has 5 rings (SSSR count). The Hall–Kier alpha value is -3.84. The number of amides is 1. The number of hydrogen-bond acceptors (Lipinski definition) is 5. The smallest absolute Gasteiger partial charge is 0.261 e. The number of nitrogens with zero attached hydrogens (tertiary/aromatic N) is 3. The van der Waals surface area contributed by atoms with E-state index in [0.717, 1.165) is 5.56 Å². The lowest BCUT2D eigenvalue weighted by atomic mass is 10.1. The molecule has 3 aromatic carbocycles. The van der Waals surface area contributed by atoms with Crippen molar-refractivity contribution in [1.29, 1.82) is 0 Å². The van der Waals surface area contributed by atoms with Crippen LogP contribution in [-0.2, 0) is 13.6 Å². The number of benzene rings is 3. The molecule has 1 aliphatic rings. The normalized spacial score (nSPS) is 13.1. The predicted molar refractivity (Wildman–Crippen MR) is 129 cm³/mol. The van der Waals surface area contributed by atoms with Gasteiger partial charge < -0.3 is 14.4 Å². The van der Waals surface area contributed by atoms with Gasteiger partial charge in [-0.05, 0) is 48.9 Å². The number of rotatable bonds is 5. The van der Waals surface area contributed by atoms with E-state index in [1.54, 1.807) is 48.3 Å². The first-order chi connectivity index (χ1) is 16.4. The number of aromatic nitrogens is 2. The van der Waals surface area contributed by atoms with Gasteiger partial charge in [0, 0.05) is 24.2 Å². The number of ether oxygens (including phenoxy) is 2. The summed E-state index contributed by atoms with van der Waals surface area (Å²) in [5.41, 5.74) is 1.74. The average Bonchev–Trinajstić information content (AvgIpc) is 3.33. The second-order valence-electron chi connectivity index (χ2n) is 8.16. The Morgan fingerprint density at radius 1 is 1.09 bits per heavy atom. The zero-order chi connectivity index (χ0) is 23.8. The Morgan fingerprint density at radius 2 is 1.85 bits per heavy atom. The van der Waals surface area contributed by atoms with E-state index >= 15 is 0 Å². The maximum Gasteiger partial charge on any atom is 0.261 e. The number of carbonyl (C=O) groups excluding carboxylic acids is 1. The SMILES string of the molecule is CC(c1nc2ccc(Cl)cc2c(=O)n1C)N(Cc1ccccc1)C(=O)c1ccc2c(c1)OCO2. The zero-order valence-electron chi connectivity index (χ0n) is 18.7. The van der Waals surface area contributed by atoms with Crippen molar-refractivity contribution in [2.45, 2.75) is 19.5 Å². The molecule has 34 heavy (non-hydrogen) atoms. The maximum absolute atomic E-state index is 13.8. The first kappa shape index (κ1) is 22.0. The summed E-state index contributed by atoms with van der Waals surface area (Å²) in [6.07, 6.45) is 0. The molecule has 0 aliphatic carbocycles. The van der Waals surface area contributed by atoms with Crippen LogP contribution in [0.25, 0.3) is 10.9 Å². The highest BCUT2D eigenvalue weighted by atomic mass is 35.5. The Balaban J connectivity index is 1.59. The molecule has 0 bridgehead atoms. The number of carbonyl (C=O) groups is 1. The summed E-state index contributed by atoms with van der Waals surface area (Å²) >= 11 is 6.09. The van der Waals surface area contributed by atoms with E-state index in [2.05, 4.69) is 0 Å². The van der Waals surface area contributed by atoms with E-state index in [4.69, 9.17) is 26.1 Å². The molecule has 1 unspecified atom stereocenters. The molecular weight excluding hydrogens is 454 g/mol. The third-order valence-corrected chi connectivity index (χ3v) is 6.22. The van der Waals surface area contributed by atoms with Crippen molar-refractivity contribution >= 4 is 28.4 Å². The number of halogens is 1. The second-order valence-corrected chi connectivity index (χ2v) is 8.59. The topological polar surface area (TPSA) is 73.7 Å². The summed E-state index contributed by atoms with van der Waals surface area (Å²) in [5, 5.41) is 0.901. The lowest BCUT2D eigenvalue weighted by Gasteiger charge is -2.30. The van der Waals surface area contributed by atoms with Gasteiger partial charge >= 0.3 is 0 Å². The minimum atomic E-state index is -0.504. The molecule has 4 aromatic rings. The Morgan fingerprint density at radius 3 is 2.65 bits per heavy atom. The maximum atomic E-state index is 13.8. The minimum absolute atomic E-state index is 0.129. The summed E-state index contributed by atoms with van der Waals surface area (Å²) in [7, 11) is 1.66. The van der Waals surface area contributed by atoms with E-state index < -0.39 is 6.04 Å². The van der Waals surface area contributed by atoms with Crippen LogP contribution in [-0.4, -0.2) is 27.2 Å². The van der Waals surface area contributed by atoms with Crippen LogP contribution in [0.4, 0.5) is 0 Å². The molecule has 0 N–H and O–H groups in total. The van der Waals surface area contributed by atoms with Gasteiger partial charge in [-0.1, -0.05) is 41.9 Å². The Labute approximate surface area is 201 Å². The highest BCUT2D eigenvalue weighted by Crippen LogP contribution is 2.34. The van der Waals surface area contributed by atoms with Gasteiger partial charge in [-0.15, -0.1) is 0 Å². The first-order valence-corrected chi connectivity index (χ1v) is 11.2. The largest absolute Gasteiger partial charge is 0.454 e. The molecule has 1 amide bonds. The quantitative estimate of drug-likeness (QED) is 0.417. The molecule has 1 aliphatic heterocycles. The molecule has 0 fully saturated rings. The number of hydrogen-bond donors (Lipinski definition) is 0. The summed E-state index contributed by atoms with van der Waals surface area (Å²) in [5.74, 6) is 1.41. The highest BCUT2D eigenvalue weighted by molar-refractivity contribution is 6.31. The molecular formula is C26H22ClN3O4. The van der Waals surface area contributed by atoms with Crippen molar-refractivity contribution in [3.05, 3.63) is 99.1 Å². The van der Waals surface area contributed by atoms with Crippen LogP contribution in [0.3, 0.4) is 0 Å². The van der Waals surface area contributed by atoms with Gasteiger partial charge in [-0.25, -0.2) is 4.98 Å². The fourth-order valence-electron chi connectivity index (χ4n) is 4.13.